The average molecular weight is 420 g/mol. The second kappa shape index (κ2) is 9.53. The Kier molecular flexibility index (Phi) is 7.35. The predicted octanol–water partition coefficient (Wildman–Crippen LogP) is 1.73. The van der Waals surface area contributed by atoms with E-state index in [2.05, 4.69) is 4.72 Å². The Balaban J connectivity index is 2.03. The molecular weight excluding hydrogens is 396 g/mol. The smallest absolute Gasteiger partial charge is 0.338 e. The van der Waals surface area contributed by atoms with Gasteiger partial charge in [0.05, 0.1) is 12.7 Å². The molecule has 2 aromatic carbocycles. The van der Waals surface area contributed by atoms with Crippen LogP contribution < -0.4 is 9.46 Å². The number of carbonyl (C=O) groups excluding carboxylic acids is 2. The first-order chi connectivity index (χ1) is 13.7. The van der Waals surface area contributed by atoms with Gasteiger partial charge in [0.1, 0.15) is 10.6 Å². The number of aryl methyl sites for hydroxylation is 1. The van der Waals surface area contributed by atoms with Crippen molar-refractivity contribution in [3.63, 3.8) is 0 Å². The second-order valence-corrected chi connectivity index (χ2v) is 8.24. The minimum atomic E-state index is -3.84. The fourth-order valence-corrected chi connectivity index (χ4v) is 3.42. The Morgan fingerprint density at radius 1 is 1.10 bits per heavy atom. The topological polar surface area (TPSA) is 102 Å². The summed E-state index contributed by atoms with van der Waals surface area (Å²) in [5, 5.41) is 0. The number of hydrogen-bond acceptors (Lipinski definition) is 6. The van der Waals surface area contributed by atoms with E-state index in [1.54, 1.807) is 7.05 Å². The van der Waals surface area contributed by atoms with Gasteiger partial charge in [-0.05, 0) is 37.7 Å². The first-order valence-electron chi connectivity index (χ1n) is 8.76. The molecule has 0 bridgehead atoms. The Labute approximate surface area is 170 Å². The molecule has 0 fully saturated rings. The summed E-state index contributed by atoms with van der Waals surface area (Å²) in [4.78, 5) is 25.8. The van der Waals surface area contributed by atoms with Gasteiger partial charge in [0.25, 0.3) is 5.91 Å². The van der Waals surface area contributed by atoms with Crippen LogP contribution in [0.25, 0.3) is 0 Å². The monoisotopic (exact) mass is 420 g/mol. The summed E-state index contributed by atoms with van der Waals surface area (Å²) in [6.07, 6.45) is 0. The van der Waals surface area contributed by atoms with Gasteiger partial charge in [-0.25, -0.2) is 17.9 Å². The van der Waals surface area contributed by atoms with Crippen LogP contribution in [-0.4, -0.2) is 53.0 Å². The zero-order valence-corrected chi connectivity index (χ0v) is 17.6. The minimum absolute atomic E-state index is 0.00591. The maximum atomic E-state index is 12.3. The Hall–Kier alpha value is -2.91. The first-order valence-corrected chi connectivity index (χ1v) is 10.2. The fourth-order valence-electron chi connectivity index (χ4n) is 2.50. The molecule has 0 atom stereocenters. The van der Waals surface area contributed by atoms with Crippen LogP contribution in [0, 0.1) is 6.92 Å². The van der Waals surface area contributed by atoms with Crippen molar-refractivity contribution in [2.24, 2.45) is 0 Å². The van der Waals surface area contributed by atoms with Gasteiger partial charge in [-0.1, -0.05) is 29.8 Å². The molecule has 0 saturated carbocycles. The van der Waals surface area contributed by atoms with Crippen LogP contribution in [0.15, 0.2) is 47.4 Å². The number of esters is 1. The summed E-state index contributed by atoms with van der Waals surface area (Å²) in [6.45, 7) is 1.90. The van der Waals surface area contributed by atoms with Crippen LogP contribution in [0.3, 0.4) is 0 Å². The molecule has 0 saturated heterocycles. The number of nitrogens with zero attached hydrogens (tertiary/aromatic N) is 1. The lowest BCUT2D eigenvalue weighted by Gasteiger charge is -2.17. The molecule has 1 amide bonds. The van der Waals surface area contributed by atoms with Crippen LogP contribution in [0.1, 0.15) is 21.5 Å². The maximum absolute atomic E-state index is 12.3. The molecule has 2 rings (SSSR count). The lowest BCUT2D eigenvalue weighted by Crippen LogP contribution is -2.30. The quantitative estimate of drug-likeness (QED) is 0.653. The van der Waals surface area contributed by atoms with Gasteiger partial charge in [0.2, 0.25) is 10.0 Å². The lowest BCUT2D eigenvalue weighted by molar-refractivity contribution is -0.133. The number of likely N-dealkylation sites (N-methyl/N-ethyl adjacent to an activating group) is 1. The van der Waals surface area contributed by atoms with E-state index in [1.807, 2.05) is 31.2 Å². The Morgan fingerprint density at radius 2 is 1.76 bits per heavy atom. The van der Waals surface area contributed by atoms with E-state index in [-0.39, 0.29) is 22.1 Å². The van der Waals surface area contributed by atoms with E-state index in [0.29, 0.717) is 6.54 Å². The van der Waals surface area contributed by atoms with Crippen LogP contribution in [0.2, 0.25) is 0 Å². The highest BCUT2D eigenvalue weighted by Gasteiger charge is 2.21. The number of methoxy groups -OCH3 is 1. The molecule has 0 unspecified atom stereocenters. The van der Waals surface area contributed by atoms with Crippen molar-refractivity contribution in [3.8, 4) is 5.75 Å². The number of amides is 1. The third-order valence-corrected chi connectivity index (χ3v) is 5.69. The van der Waals surface area contributed by atoms with Crippen molar-refractivity contribution >= 4 is 21.9 Å². The minimum Gasteiger partial charge on any atom is -0.495 e. The third-order valence-electron chi connectivity index (χ3n) is 4.25. The van der Waals surface area contributed by atoms with Crippen LogP contribution in [0.5, 0.6) is 5.75 Å². The number of carbonyl (C=O) groups is 2. The van der Waals surface area contributed by atoms with Crippen molar-refractivity contribution in [1.29, 1.82) is 0 Å². The molecule has 2 aromatic rings. The molecule has 29 heavy (non-hydrogen) atoms. The summed E-state index contributed by atoms with van der Waals surface area (Å²) in [6, 6.07) is 11.6. The Bertz CT molecular complexity index is 987. The number of nitrogens with one attached hydrogen (secondary N) is 1. The summed E-state index contributed by atoms with van der Waals surface area (Å²) in [5.74, 6) is -1.10. The van der Waals surface area contributed by atoms with Gasteiger partial charge in [-0.3, -0.25) is 4.79 Å². The SMILES string of the molecule is CNS(=O)(=O)c1cc(C(=O)OCC(=O)N(C)Cc2ccc(C)cc2)ccc1OC. The number of benzene rings is 2. The van der Waals surface area contributed by atoms with Crippen molar-refractivity contribution in [1.82, 2.24) is 9.62 Å². The van der Waals surface area contributed by atoms with Gasteiger partial charge in [0.15, 0.2) is 6.61 Å². The molecule has 0 aromatic heterocycles. The number of hydrogen-bond donors (Lipinski definition) is 1. The van der Waals surface area contributed by atoms with Gasteiger partial charge in [0, 0.05) is 13.6 Å². The average Bonchev–Trinajstić information content (AvgIpc) is 2.72. The summed E-state index contributed by atoms with van der Waals surface area (Å²) >= 11 is 0. The predicted molar refractivity (Wildman–Crippen MR) is 107 cm³/mol. The maximum Gasteiger partial charge on any atom is 0.338 e. The van der Waals surface area contributed by atoms with Crippen molar-refractivity contribution in [2.75, 3.05) is 27.8 Å². The standard InChI is InChI=1S/C20H24N2O6S/c1-14-5-7-15(8-6-14)12-22(3)19(23)13-28-20(24)16-9-10-17(27-4)18(11-16)29(25,26)21-2/h5-11,21H,12-13H2,1-4H3. The molecule has 0 aliphatic rings. The van der Waals surface area contributed by atoms with E-state index < -0.39 is 22.6 Å². The molecule has 1 N–H and O–H groups in total. The summed E-state index contributed by atoms with van der Waals surface area (Å²) in [7, 11) is 0.351. The fraction of sp³-hybridized carbons (Fsp3) is 0.300. The summed E-state index contributed by atoms with van der Waals surface area (Å²) < 4.78 is 36.5. The van der Waals surface area contributed by atoms with Crippen LogP contribution >= 0.6 is 0 Å². The van der Waals surface area contributed by atoms with Gasteiger partial charge in [-0.2, -0.15) is 0 Å². The van der Waals surface area contributed by atoms with E-state index in [0.717, 1.165) is 17.2 Å². The van der Waals surface area contributed by atoms with Crippen LogP contribution in [-0.2, 0) is 26.1 Å². The molecule has 156 valence electrons. The second-order valence-electron chi connectivity index (χ2n) is 6.38. The molecule has 0 aliphatic heterocycles. The molecule has 0 aliphatic carbocycles. The summed E-state index contributed by atoms with van der Waals surface area (Å²) in [5.41, 5.74) is 2.07. The number of sulfonamides is 1. The number of rotatable bonds is 8. The van der Waals surface area contributed by atoms with E-state index in [9.17, 15) is 18.0 Å². The molecule has 0 radical (unpaired) electrons. The number of ether oxygens (including phenoxy) is 2. The van der Waals surface area contributed by atoms with Crippen molar-refractivity contribution in [3.05, 3.63) is 59.2 Å². The highest BCUT2D eigenvalue weighted by Crippen LogP contribution is 2.25. The Morgan fingerprint density at radius 3 is 2.34 bits per heavy atom. The molecule has 9 heteroatoms. The van der Waals surface area contributed by atoms with Gasteiger partial charge < -0.3 is 14.4 Å². The zero-order chi connectivity index (χ0) is 21.6. The van der Waals surface area contributed by atoms with E-state index >= 15 is 0 Å². The molecular formula is C20H24N2O6S. The normalized spacial score (nSPS) is 11.0. The van der Waals surface area contributed by atoms with Gasteiger partial charge in [-0.15, -0.1) is 0 Å². The van der Waals surface area contributed by atoms with Crippen LogP contribution in [0.4, 0.5) is 0 Å². The highest BCUT2D eigenvalue weighted by atomic mass is 32.2. The molecule has 0 heterocycles. The van der Waals surface area contributed by atoms with Gasteiger partial charge >= 0.3 is 5.97 Å². The molecule has 0 spiro atoms. The largest absolute Gasteiger partial charge is 0.495 e. The third kappa shape index (κ3) is 5.78. The first kappa shape index (κ1) is 22.4. The lowest BCUT2D eigenvalue weighted by atomic mass is 10.1. The highest BCUT2D eigenvalue weighted by molar-refractivity contribution is 7.89. The van der Waals surface area contributed by atoms with Crippen molar-refractivity contribution < 1.29 is 27.5 Å². The van der Waals surface area contributed by atoms with Crippen molar-refractivity contribution in [2.45, 2.75) is 18.4 Å². The molecule has 8 nitrogen and oxygen atoms in total. The van der Waals surface area contributed by atoms with E-state index in [1.165, 1.54) is 31.2 Å². The zero-order valence-electron chi connectivity index (χ0n) is 16.8. The van der Waals surface area contributed by atoms with E-state index in [4.69, 9.17) is 9.47 Å².